The van der Waals surface area contributed by atoms with E-state index in [0.29, 0.717) is 0 Å². The van der Waals surface area contributed by atoms with E-state index in [0.717, 1.165) is 23.7 Å². The summed E-state index contributed by atoms with van der Waals surface area (Å²) in [6.45, 7) is 17.1. The van der Waals surface area contributed by atoms with E-state index in [2.05, 4.69) is 55.6 Å². The molecule has 0 aliphatic carbocycles. The number of unbranched alkanes of at least 4 members (excludes halogenated alkanes) is 2. The van der Waals surface area contributed by atoms with Gasteiger partial charge in [-0.15, -0.1) is 0 Å². The van der Waals surface area contributed by atoms with Crippen LogP contribution in [0.5, 0.6) is 0 Å². The maximum absolute atomic E-state index is 2.47. The molecular weight excluding hydrogens is 314 g/mol. The minimum absolute atomic E-state index is 0. The predicted octanol–water partition coefficient (Wildman–Crippen LogP) is 3.77. The normalized spacial score (nSPS) is 17.0. The molecule has 0 amide bonds. The molecular formula is C22H48ClN. The number of quaternary nitrogens is 1. The Morgan fingerprint density at radius 3 is 1.17 bits per heavy atom. The van der Waals surface area contributed by atoms with Gasteiger partial charge < -0.3 is 16.9 Å². The number of nitrogens with zero attached hydrogens (tertiary/aromatic N) is 1. The highest BCUT2D eigenvalue weighted by atomic mass is 35.5. The topological polar surface area (TPSA) is 0 Å². The van der Waals surface area contributed by atoms with Gasteiger partial charge in [0.25, 0.3) is 0 Å². The van der Waals surface area contributed by atoms with Crippen LogP contribution in [0.2, 0.25) is 0 Å². The van der Waals surface area contributed by atoms with E-state index < -0.39 is 0 Å². The summed E-state index contributed by atoms with van der Waals surface area (Å²) in [7, 11) is 4.87. The fourth-order valence-electron chi connectivity index (χ4n) is 3.41. The number of hydrogen-bond donors (Lipinski definition) is 0. The summed E-state index contributed by atoms with van der Waals surface area (Å²) in [5.41, 5.74) is 0. The molecule has 0 bridgehead atoms. The fourth-order valence-corrected chi connectivity index (χ4v) is 3.41. The van der Waals surface area contributed by atoms with Crippen LogP contribution < -0.4 is 12.4 Å². The Balaban J connectivity index is 0. The van der Waals surface area contributed by atoms with Crippen molar-refractivity contribution < 1.29 is 16.9 Å². The quantitative estimate of drug-likeness (QED) is 0.413. The molecule has 0 aromatic carbocycles. The van der Waals surface area contributed by atoms with Gasteiger partial charge in [0.15, 0.2) is 0 Å². The van der Waals surface area contributed by atoms with Crippen LogP contribution in [0.15, 0.2) is 0 Å². The molecule has 0 spiro atoms. The second kappa shape index (κ2) is 14.4. The van der Waals surface area contributed by atoms with Crippen LogP contribution in [0.3, 0.4) is 0 Å². The van der Waals surface area contributed by atoms with E-state index >= 15 is 0 Å². The van der Waals surface area contributed by atoms with Crippen molar-refractivity contribution in [1.82, 2.24) is 0 Å². The number of halogens is 1. The lowest BCUT2D eigenvalue weighted by atomic mass is 9.87. The summed E-state index contributed by atoms with van der Waals surface area (Å²) in [6.07, 6.45) is 11.1. The van der Waals surface area contributed by atoms with E-state index in [1.165, 1.54) is 68.9 Å². The molecule has 0 aliphatic heterocycles. The SMILES string of the molecule is CCCCC(C)C(C)CC[N+](C)(C)CCC(C)C(C)CCCC.[Cl-]. The van der Waals surface area contributed by atoms with Crippen molar-refractivity contribution in [2.45, 2.75) is 92.9 Å². The number of hydrogen-bond acceptors (Lipinski definition) is 0. The fraction of sp³-hybridized carbons (Fsp3) is 1.00. The second-order valence-corrected chi connectivity index (χ2v) is 9.15. The van der Waals surface area contributed by atoms with Gasteiger partial charge in [0.1, 0.15) is 0 Å². The van der Waals surface area contributed by atoms with Gasteiger partial charge >= 0.3 is 0 Å². The average molecular weight is 362 g/mol. The summed E-state index contributed by atoms with van der Waals surface area (Å²) in [5.74, 6) is 3.53. The summed E-state index contributed by atoms with van der Waals surface area (Å²) in [5, 5.41) is 0. The third-order valence-electron chi connectivity index (χ3n) is 6.35. The van der Waals surface area contributed by atoms with Gasteiger partial charge in [-0.3, -0.25) is 0 Å². The Kier molecular flexibility index (Phi) is 15.9. The van der Waals surface area contributed by atoms with Gasteiger partial charge in [0.2, 0.25) is 0 Å². The Hall–Kier alpha value is 0.250. The van der Waals surface area contributed by atoms with Crippen molar-refractivity contribution in [2.24, 2.45) is 23.7 Å². The Morgan fingerprint density at radius 1 is 0.583 bits per heavy atom. The lowest BCUT2D eigenvalue weighted by Crippen LogP contribution is -3.00. The Bertz CT molecular complexity index is 251. The molecule has 1 nitrogen and oxygen atoms in total. The summed E-state index contributed by atoms with van der Waals surface area (Å²) < 4.78 is 1.20. The zero-order valence-electron chi connectivity index (χ0n) is 18.2. The van der Waals surface area contributed by atoms with Crippen LogP contribution in [0.4, 0.5) is 0 Å². The molecule has 0 saturated heterocycles. The molecule has 0 aliphatic rings. The van der Waals surface area contributed by atoms with Crippen molar-refractivity contribution in [2.75, 3.05) is 27.2 Å². The third-order valence-corrected chi connectivity index (χ3v) is 6.35. The molecule has 2 heteroatoms. The van der Waals surface area contributed by atoms with Gasteiger partial charge in [-0.05, 0) is 36.5 Å². The van der Waals surface area contributed by atoms with Crippen LogP contribution in [0, 0.1) is 23.7 Å². The first-order chi connectivity index (χ1) is 10.7. The monoisotopic (exact) mass is 361 g/mol. The first-order valence-corrected chi connectivity index (χ1v) is 10.6. The molecule has 24 heavy (non-hydrogen) atoms. The van der Waals surface area contributed by atoms with Gasteiger partial charge in [-0.1, -0.05) is 80.1 Å². The molecule has 0 N–H and O–H groups in total. The Morgan fingerprint density at radius 2 is 0.875 bits per heavy atom. The molecule has 0 aromatic heterocycles. The molecule has 148 valence electrons. The van der Waals surface area contributed by atoms with E-state index in [-0.39, 0.29) is 12.4 Å². The number of rotatable bonds is 14. The van der Waals surface area contributed by atoms with Gasteiger partial charge in [0, 0.05) is 0 Å². The highest BCUT2D eigenvalue weighted by Crippen LogP contribution is 2.24. The molecule has 4 unspecified atom stereocenters. The van der Waals surface area contributed by atoms with Crippen LogP contribution in [0.25, 0.3) is 0 Å². The summed E-state index contributed by atoms with van der Waals surface area (Å²) in [4.78, 5) is 0. The molecule has 0 rings (SSSR count). The lowest BCUT2D eigenvalue weighted by Gasteiger charge is -2.33. The maximum atomic E-state index is 2.47. The first-order valence-electron chi connectivity index (χ1n) is 10.6. The zero-order valence-corrected chi connectivity index (χ0v) is 19.0. The Labute approximate surface area is 161 Å². The van der Waals surface area contributed by atoms with Gasteiger partial charge in [-0.2, -0.15) is 0 Å². The van der Waals surface area contributed by atoms with Crippen LogP contribution >= 0.6 is 0 Å². The molecule has 0 heterocycles. The molecule has 0 radical (unpaired) electrons. The van der Waals surface area contributed by atoms with Crippen LogP contribution in [-0.4, -0.2) is 31.7 Å². The highest BCUT2D eigenvalue weighted by molar-refractivity contribution is 4.64. The van der Waals surface area contributed by atoms with E-state index in [1.54, 1.807) is 0 Å². The van der Waals surface area contributed by atoms with Crippen molar-refractivity contribution >= 4 is 0 Å². The van der Waals surface area contributed by atoms with Crippen LogP contribution in [0.1, 0.15) is 92.9 Å². The second-order valence-electron chi connectivity index (χ2n) is 9.15. The molecule has 0 aromatic rings. The molecule has 4 atom stereocenters. The van der Waals surface area contributed by atoms with Gasteiger partial charge in [0.05, 0.1) is 27.2 Å². The smallest absolute Gasteiger partial charge is 0.0785 e. The molecule has 0 fully saturated rings. The van der Waals surface area contributed by atoms with E-state index in [4.69, 9.17) is 0 Å². The minimum atomic E-state index is 0. The highest BCUT2D eigenvalue weighted by Gasteiger charge is 2.21. The average Bonchev–Trinajstić information content (AvgIpc) is 2.53. The summed E-state index contributed by atoms with van der Waals surface area (Å²) >= 11 is 0. The molecule has 0 saturated carbocycles. The van der Waals surface area contributed by atoms with Crippen molar-refractivity contribution in [1.29, 1.82) is 0 Å². The largest absolute Gasteiger partial charge is 1.00 e. The predicted molar refractivity (Wildman–Crippen MR) is 107 cm³/mol. The van der Waals surface area contributed by atoms with Crippen molar-refractivity contribution in [3.63, 3.8) is 0 Å². The summed E-state index contributed by atoms with van der Waals surface area (Å²) in [6, 6.07) is 0. The first kappa shape index (κ1) is 26.5. The minimum Gasteiger partial charge on any atom is -1.00 e. The van der Waals surface area contributed by atoms with Crippen molar-refractivity contribution in [3.05, 3.63) is 0 Å². The standard InChI is InChI=1S/C22H48N.ClH/c1-9-11-13-19(3)21(5)15-17-23(7,8)18-16-22(6)20(4)14-12-10-2;/h19-22H,9-18H2,1-8H3;1H/q+1;/p-1. The van der Waals surface area contributed by atoms with Crippen molar-refractivity contribution in [3.8, 4) is 0 Å². The van der Waals surface area contributed by atoms with E-state index in [1.807, 2.05) is 0 Å². The van der Waals surface area contributed by atoms with E-state index in [9.17, 15) is 0 Å². The maximum Gasteiger partial charge on any atom is 0.0785 e. The lowest BCUT2D eigenvalue weighted by molar-refractivity contribution is -0.891. The third kappa shape index (κ3) is 12.6. The van der Waals surface area contributed by atoms with Crippen LogP contribution in [-0.2, 0) is 0 Å². The van der Waals surface area contributed by atoms with Gasteiger partial charge in [-0.25, -0.2) is 0 Å². The zero-order chi connectivity index (χ0) is 17.9.